The second kappa shape index (κ2) is 9.60. The van der Waals surface area contributed by atoms with Crippen molar-refractivity contribution in [2.45, 2.75) is 33.3 Å². The van der Waals surface area contributed by atoms with Crippen LogP contribution in [0.25, 0.3) is 0 Å². The number of nitro groups is 1. The fourth-order valence-electron chi connectivity index (χ4n) is 2.06. The third kappa shape index (κ3) is 7.00. The molecule has 0 aliphatic rings. The largest absolute Gasteiger partial charge is 0.493 e. The van der Waals surface area contributed by atoms with E-state index in [1.165, 1.54) is 13.2 Å². The molecule has 150 valence electrons. The predicted molar refractivity (Wildman–Crippen MR) is 97.4 cm³/mol. The molecule has 0 spiro atoms. The molecule has 0 fully saturated rings. The van der Waals surface area contributed by atoms with Crippen molar-refractivity contribution in [3.8, 4) is 11.5 Å². The summed E-state index contributed by atoms with van der Waals surface area (Å²) in [5.74, 6) is -0.289. The first-order valence-corrected chi connectivity index (χ1v) is 8.33. The molecule has 0 aliphatic heterocycles. The minimum atomic E-state index is -0.672. The van der Waals surface area contributed by atoms with Gasteiger partial charge < -0.3 is 24.8 Å². The van der Waals surface area contributed by atoms with Gasteiger partial charge in [0.05, 0.1) is 24.7 Å². The van der Waals surface area contributed by atoms with Crippen LogP contribution in [0.2, 0.25) is 0 Å². The smallest absolute Gasteiger partial charge is 0.407 e. The molecule has 1 aromatic rings. The highest BCUT2D eigenvalue weighted by molar-refractivity contribution is 5.99. The van der Waals surface area contributed by atoms with Crippen molar-refractivity contribution in [1.82, 2.24) is 10.6 Å². The third-order valence-electron chi connectivity index (χ3n) is 3.10. The summed E-state index contributed by atoms with van der Waals surface area (Å²) in [7, 11) is 1.37. The van der Waals surface area contributed by atoms with Crippen LogP contribution in [-0.4, -0.2) is 49.3 Å². The van der Waals surface area contributed by atoms with Crippen LogP contribution in [0.1, 0.15) is 38.1 Å². The molecule has 0 saturated heterocycles. The number of benzene rings is 1. The van der Waals surface area contributed by atoms with Gasteiger partial charge in [-0.2, -0.15) is 0 Å². The number of nitrogens with one attached hydrogen (secondary N) is 2. The normalized spacial score (nSPS) is 10.7. The molecule has 0 unspecified atom stereocenters. The standard InChI is InChI=1S/C17H25N3O7/c1-6-26-14-10-12(20(23)24)11(9-13(14)25-5)15(21)18-7-8-19-16(22)27-17(2,3)4/h9-10H,6-8H2,1-5H3,(H,18,21)(H,19,22). The average Bonchev–Trinajstić information content (AvgIpc) is 2.56. The molecule has 0 aliphatic carbocycles. The summed E-state index contributed by atoms with van der Waals surface area (Å²) >= 11 is 0. The fourth-order valence-corrected chi connectivity index (χ4v) is 2.06. The predicted octanol–water partition coefficient (Wildman–Crippen LogP) is 2.26. The molecular weight excluding hydrogens is 358 g/mol. The van der Waals surface area contributed by atoms with E-state index in [-0.39, 0.29) is 36.8 Å². The van der Waals surface area contributed by atoms with Crippen molar-refractivity contribution >= 4 is 17.7 Å². The zero-order chi connectivity index (χ0) is 20.6. The fraction of sp³-hybridized carbons (Fsp3) is 0.529. The van der Waals surface area contributed by atoms with Gasteiger partial charge in [0.15, 0.2) is 11.5 Å². The molecule has 27 heavy (non-hydrogen) atoms. The second-order valence-corrected chi connectivity index (χ2v) is 6.39. The number of hydrogen-bond acceptors (Lipinski definition) is 7. The van der Waals surface area contributed by atoms with E-state index in [9.17, 15) is 19.7 Å². The molecule has 10 nitrogen and oxygen atoms in total. The van der Waals surface area contributed by atoms with Crippen molar-refractivity contribution in [3.05, 3.63) is 27.8 Å². The summed E-state index contributed by atoms with van der Waals surface area (Å²) in [6.07, 6.45) is -0.620. The van der Waals surface area contributed by atoms with Gasteiger partial charge in [-0.3, -0.25) is 14.9 Å². The summed E-state index contributed by atoms with van der Waals surface area (Å²) in [4.78, 5) is 34.5. The Labute approximate surface area is 157 Å². The number of carbonyl (C=O) groups excluding carboxylic acids is 2. The Morgan fingerprint density at radius 3 is 2.30 bits per heavy atom. The lowest BCUT2D eigenvalue weighted by Crippen LogP contribution is -2.38. The quantitative estimate of drug-likeness (QED) is 0.400. The van der Waals surface area contributed by atoms with Crippen LogP contribution in [0.3, 0.4) is 0 Å². The van der Waals surface area contributed by atoms with Gasteiger partial charge in [-0.05, 0) is 27.7 Å². The van der Waals surface area contributed by atoms with Crippen LogP contribution >= 0.6 is 0 Å². The maximum atomic E-state index is 12.3. The molecular formula is C17H25N3O7. The van der Waals surface area contributed by atoms with Gasteiger partial charge in [0, 0.05) is 19.2 Å². The van der Waals surface area contributed by atoms with Crippen LogP contribution in [0.5, 0.6) is 11.5 Å². The second-order valence-electron chi connectivity index (χ2n) is 6.39. The Hall–Kier alpha value is -3.04. The lowest BCUT2D eigenvalue weighted by Gasteiger charge is -2.19. The number of carbonyl (C=O) groups is 2. The number of rotatable bonds is 8. The lowest BCUT2D eigenvalue weighted by atomic mass is 10.1. The highest BCUT2D eigenvalue weighted by Gasteiger charge is 2.24. The van der Waals surface area contributed by atoms with Gasteiger partial charge >= 0.3 is 6.09 Å². The monoisotopic (exact) mass is 383 g/mol. The van der Waals surface area contributed by atoms with Gasteiger partial charge in [0.2, 0.25) is 0 Å². The van der Waals surface area contributed by atoms with E-state index in [4.69, 9.17) is 14.2 Å². The minimum Gasteiger partial charge on any atom is -0.493 e. The first-order chi connectivity index (χ1) is 12.6. The summed E-state index contributed by atoms with van der Waals surface area (Å²) in [5.41, 5.74) is -1.21. The topological polar surface area (TPSA) is 129 Å². The van der Waals surface area contributed by atoms with E-state index in [1.807, 2.05) is 0 Å². The lowest BCUT2D eigenvalue weighted by molar-refractivity contribution is -0.385. The maximum absolute atomic E-state index is 12.3. The molecule has 0 atom stereocenters. The molecule has 1 aromatic carbocycles. The van der Waals surface area contributed by atoms with Crippen molar-refractivity contribution in [3.63, 3.8) is 0 Å². The molecule has 0 radical (unpaired) electrons. The zero-order valence-corrected chi connectivity index (χ0v) is 16.1. The molecule has 1 rings (SSSR count). The first-order valence-electron chi connectivity index (χ1n) is 8.33. The highest BCUT2D eigenvalue weighted by atomic mass is 16.6. The molecule has 0 aromatic heterocycles. The van der Waals surface area contributed by atoms with Crippen molar-refractivity contribution < 1.29 is 28.7 Å². The highest BCUT2D eigenvalue weighted by Crippen LogP contribution is 2.34. The van der Waals surface area contributed by atoms with Crippen LogP contribution < -0.4 is 20.1 Å². The van der Waals surface area contributed by atoms with E-state index < -0.39 is 28.2 Å². The van der Waals surface area contributed by atoms with E-state index in [0.29, 0.717) is 0 Å². The zero-order valence-electron chi connectivity index (χ0n) is 16.1. The van der Waals surface area contributed by atoms with Gasteiger partial charge in [-0.1, -0.05) is 0 Å². The number of nitrogens with zero attached hydrogens (tertiary/aromatic N) is 1. The van der Waals surface area contributed by atoms with Crippen molar-refractivity contribution in [2.24, 2.45) is 0 Å². The number of methoxy groups -OCH3 is 1. The van der Waals surface area contributed by atoms with Gasteiger partial charge in [0.1, 0.15) is 11.2 Å². The molecule has 0 bridgehead atoms. The molecule has 0 saturated carbocycles. The van der Waals surface area contributed by atoms with E-state index in [0.717, 1.165) is 6.07 Å². The van der Waals surface area contributed by atoms with Crippen LogP contribution in [0.15, 0.2) is 12.1 Å². The number of alkyl carbamates (subject to hydrolysis) is 1. The summed E-state index contributed by atoms with van der Waals surface area (Å²) in [6, 6.07) is 2.40. The minimum absolute atomic E-state index is 0.0603. The molecule has 2 amide bonds. The van der Waals surface area contributed by atoms with E-state index >= 15 is 0 Å². The number of nitro benzene ring substituents is 1. The van der Waals surface area contributed by atoms with E-state index in [2.05, 4.69) is 10.6 Å². The maximum Gasteiger partial charge on any atom is 0.407 e. The molecule has 0 heterocycles. The Morgan fingerprint density at radius 1 is 1.15 bits per heavy atom. The van der Waals surface area contributed by atoms with Crippen LogP contribution in [-0.2, 0) is 4.74 Å². The summed E-state index contributed by atoms with van der Waals surface area (Å²) < 4.78 is 15.5. The number of hydrogen-bond donors (Lipinski definition) is 2. The Morgan fingerprint density at radius 2 is 1.78 bits per heavy atom. The van der Waals surface area contributed by atoms with Gasteiger partial charge in [0.25, 0.3) is 11.6 Å². The molecule has 10 heteroatoms. The Balaban J connectivity index is 2.79. The van der Waals surface area contributed by atoms with Crippen LogP contribution in [0.4, 0.5) is 10.5 Å². The Kier molecular flexibility index (Phi) is 7.82. The average molecular weight is 383 g/mol. The van der Waals surface area contributed by atoms with Crippen molar-refractivity contribution in [2.75, 3.05) is 26.8 Å². The van der Waals surface area contributed by atoms with Crippen LogP contribution in [0, 0.1) is 10.1 Å². The van der Waals surface area contributed by atoms with Gasteiger partial charge in [-0.15, -0.1) is 0 Å². The Bertz CT molecular complexity index is 699. The number of ether oxygens (including phenoxy) is 3. The summed E-state index contributed by atoms with van der Waals surface area (Å²) in [5, 5.41) is 16.3. The summed E-state index contributed by atoms with van der Waals surface area (Å²) in [6.45, 7) is 7.36. The molecule has 2 N–H and O–H groups in total. The SMILES string of the molecule is CCOc1cc([N+](=O)[O-])c(C(=O)NCCNC(=O)OC(C)(C)C)cc1OC. The van der Waals surface area contributed by atoms with Crippen molar-refractivity contribution in [1.29, 1.82) is 0 Å². The first kappa shape index (κ1) is 22.0. The third-order valence-corrected chi connectivity index (χ3v) is 3.10. The van der Waals surface area contributed by atoms with Gasteiger partial charge in [-0.25, -0.2) is 4.79 Å². The number of amides is 2. The van der Waals surface area contributed by atoms with E-state index in [1.54, 1.807) is 27.7 Å².